The molecular formula is C16H15NO6S. The summed E-state index contributed by atoms with van der Waals surface area (Å²) in [6.45, 7) is 1.72. The van der Waals surface area contributed by atoms with Crippen molar-refractivity contribution in [1.82, 2.24) is 0 Å². The van der Waals surface area contributed by atoms with Crippen molar-refractivity contribution >= 4 is 27.4 Å². The molecule has 0 saturated carbocycles. The van der Waals surface area contributed by atoms with Gasteiger partial charge in [0.1, 0.15) is 11.3 Å². The van der Waals surface area contributed by atoms with Gasteiger partial charge < -0.3 is 14.8 Å². The van der Waals surface area contributed by atoms with Gasteiger partial charge in [-0.15, -0.1) is 0 Å². The Balaban J connectivity index is 1.87. The van der Waals surface area contributed by atoms with Crippen LogP contribution in [0.1, 0.15) is 39.2 Å². The molecule has 1 aromatic heterocycles. The van der Waals surface area contributed by atoms with Crippen molar-refractivity contribution in [3.63, 3.8) is 0 Å². The van der Waals surface area contributed by atoms with Gasteiger partial charge in [-0.05, 0) is 24.1 Å². The fourth-order valence-electron chi connectivity index (χ4n) is 2.66. The standard InChI is InChI=1S/C16H15NO6S/c1-2-12-11(16(19)20)8-13(23-12)15(18)17-10-4-3-9-5-6-24(21,22)14(9)7-10/h3-4,7-8H,2,5-6H2,1H3,(H,17,18)(H,19,20). The predicted octanol–water partition coefficient (Wildman–Crippen LogP) is 2.12. The van der Waals surface area contributed by atoms with Gasteiger partial charge in [0.05, 0.1) is 10.6 Å². The number of hydrogen-bond acceptors (Lipinski definition) is 5. The molecule has 0 radical (unpaired) electrons. The van der Waals surface area contributed by atoms with E-state index in [1.807, 2.05) is 0 Å². The zero-order chi connectivity index (χ0) is 17.5. The largest absolute Gasteiger partial charge is 0.478 e. The number of carboxylic acids is 1. The minimum absolute atomic E-state index is 0.0563. The molecule has 1 aliphatic rings. The third-order valence-corrected chi connectivity index (χ3v) is 5.68. The Hall–Kier alpha value is -2.61. The zero-order valence-electron chi connectivity index (χ0n) is 12.8. The van der Waals surface area contributed by atoms with Crippen LogP contribution in [0.4, 0.5) is 5.69 Å². The van der Waals surface area contributed by atoms with Crippen LogP contribution in [0.2, 0.25) is 0 Å². The lowest BCUT2D eigenvalue weighted by molar-refractivity contribution is 0.0694. The van der Waals surface area contributed by atoms with E-state index in [1.165, 1.54) is 12.1 Å². The van der Waals surface area contributed by atoms with Crippen molar-refractivity contribution < 1.29 is 27.5 Å². The summed E-state index contributed by atoms with van der Waals surface area (Å²) in [4.78, 5) is 23.6. The third kappa shape index (κ3) is 2.80. The van der Waals surface area contributed by atoms with E-state index in [-0.39, 0.29) is 27.7 Å². The Morgan fingerprint density at radius 2 is 2.04 bits per heavy atom. The summed E-state index contributed by atoms with van der Waals surface area (Å²) in [6.07, 6.45) is 0.803. The molecule has 0 bridgehead atoms. The Bertz CT molecular complexity index is 941. The topological polar surface area (TPSA) is 114 Å². The molecule has 1 aliphatic heterocycles. The number of nitrogens with one attached hydrogen (secondary N) is 1. The lowest BCUT2D eigenvalue weighted by Gasteiger charge is -2.05. The van der Waals surface area contributed by atoms with Crippen LogP contribution in [0, 0.1) is 0 Å². The first kappa shape index (κ1) is 16.3. The highest BCUT2D eigenvalue weighted by Gasteiger charge is 2.27. The first-order valence-corrected chi connectivity index (χ1v) is 9.00. The van der Waals surface area contributed by atoms with Crippen LogP contribution in [0.5, 0.6) is 0 Å². The van der Waals surface area contributed by atoms with E-state index in [9.17, 15) is 18.0 Å². The Morgan fingerprint density at radius 3 is 2.67 bits per heavy atom. The van der Waals surface area contributed by atoms with E-state index in [2.05, 4.69) is 5.32 Å². The summed E-state index contributed by atoms with van der Waals surface area (Å²) in [6, 6.07) is 5.86. The predicted molar refractivity (Wildman–Crippen MR) is 85.2 cm³/mol. The number of hydrogen-bond donors (Lipinski definition) is 2. The zero-order valence-corrected chi connectivity index (χ0v) is 13.6. The Kier molecular flexibility index (Phi) is 3.92. The fraction of sp³-hybridized carbons (Fsp3) is 0.250. The van der Waals surface area contributed by atoms with Gasteiger partial charge in [0.2, 0.25) is 0 Å². The van der Waals surface area contributed by atoms with Crippen LogP contribution >= 0.6 is 0 Å². The maximum atomic E-state index is 12.2. The molecule has 2 N–H and O–H groups in total. The first-order valence-electron chi connectivity index (χ1n) is 7.35. The van der Waals surface area contributed by atoms with E-state index in [0.29, 0.717) is 18.5 Å². The number of sulfone groups is 1. The minimum atomic E-state index is -3.30. The minimum Gasteiger partial charge on any atom is -0.478 e. The number of anilines is 1. The van der Waals surface area contributed by atoms with Gasteiger partial charge in [-0.1, -0.05) is 13.0 Å². The third-order valence-electron chi connectivity index (χ3n) is 3.88. The molecule has 8 heteroatoms. The number of benzene rings is 1. The van der Waals surface area contributed by atoms with Crippen LogP contribution in [-0.4, -0.2) is 31.2 Å². The number of fused-ring (bicyclic) bond motifs is 1. The number of carbonyl (C=O) groups excluding carboxylic acids is 1. The molecule has 0 saturated heterocycles. The monoisotopic (exact) mass is 349 g/mol. The van der Waals surface area contributed by atoms with Crippen molar-refractivity contribution in [1.29, 1.82) is 0 Å². The number of rotatable bonds is 4. The highest BCUT2D eigenvalue weighted by Crippen LogP contribution is 2.29. The molecule has 1 amide bonds. The van der Waals surface area contributed by atoms with Crippen LogP contribution in [0.25, 0.3) is 0 Å². The van der Waals surface area contributed by atoms with Crippen LogP contribution in [-0.2, 0) is 22.7 Å². The molecule has 7 nitrogen and oxygen atoms in total. The van der Waals surface area contributed by atoms with Gasteiger partial charge in [-0.2, -0.15) is 0 Å². The molecule has 0 atom stereocenters. The molecule has 0 fully saturated rings. The average Bonchev–Trinajstić information content (AvgIpc) is 3.09. The van der Waals surface area contributed by atoms with Gasteiger partial charge >= 0.3 is 5.97 Å². The number of carboxylic acid groups (broad SMARTS) is 1. The van der Waals surface area contributed by atoms with E-state index in [0.717, 1.165) is 5.56 Å². The maximum absolute atomic E-state index is 12.2. The Labute approximate surface area is 138 Å². The van der Waals surface area contributed by atoms with Crippen LogP contribution in [0.3, 0.4) is 0 Å². The van der Waals surface area contributed by atoms with E-state index < -0.39 is 21.7 Å². The van der Waals surface area contributed by atoms with Gasteiger partial charge in [0, 0.05) is 18.2 Å². The molecule has 24 heavy (non-hydrogen) atoms. The summed E-state index contributed by atoms with van der Waals surface area (Å²) < 4.78 is 29.1. The maximum Gasteiger partial charge on any atom is 0.339 e. The van der Waals surface area contributed by atoms with Crippen LogP contribution < -0.4 is 5.32 Å². The number of aryl methyl sites for hydroxylation is 2. The summed E-state index contributed by atoms with van der Waals surface area (Å²) in [5.74, 6) is -1.65. The number of furan rings is 1. The second kappa shape index (κ2) is 5.79. The van der Waals surface area contributed by atoms with Crippen molar-refractivity contribution in [3.05, 3.63) is 46.9 Å². The fourth-order valence-corrected chi connectivity index (χ4v) is 4.24. The van der Waals surface area contributed by atoms with Gasteiger partial charge in [-0.3, -0.25) is 4.79 Å². The molecule has 2 aromatic rings. The summed E-state index contributed by atoms with van der Waals surface area (Å²) in [5.41, 5.74) is 0.988. The smallest absolute Gasteiger partial charge is 0.339 e. The number of aromatic carboxylic acids is 1. The first-order chi connectivity index (χ1) is 11.3. The van der Waals surface area contributed by atoms with Crippen LogP contribution in [0.15, 0.2) is 33.6 Å². The highest BCUT2D eigenvalue weighted by atomic mass is 32.2. The summed E-state index contributed by atoms with van der Waals surface area (Å²) in [5, 5.41) is 11.6. The quantitative estimate of drug-likeness (QED) is 0.874. The van der Waals surface area contributed by atoms with Gasteiger partial charge in [-0.25, -0.2) is 13.2 Å². The summed E-state index contributed by atoms with van der Waals surface area (Å²) in [7, 11) is -3.30. The molecule has 0 unspecified atom stereocenters. The average molecular weight is 349 g/mol. The van der Waals surface area contributed by atoms with E-state index in [4.69, 9.17) is 9.52 Å². The highest BCUT2D eigenvalue weighted by molar-refractivity contribution is 7.91. The second-order valence-corrected chi connectivity index (χ2v) is 7.53. The molecule has 0 spiro atoms. The molecule has 2 heterocycles. The molecule has 3 rings (SSSR count). The number of carbonyl (C=O) groups is 2. The summed E-state index contributed by atoms with van der Waals surface area (Å²) >= 11 is 0. The van der Waals surface area contributed by atoms with E-state index >= 15 is 0 Å². The second-order valence-electron chi connectivity index (χ2n) is 5.45. The van der Waals surface area contributed by atoms with Crippen molar-refractivity contribution in [2.75, 3.05) is 11.1 Å². The molecular weight excluding hydrogens is 334 g/mol. The van der Waals surface area contributed by atoms with Crippen molar-refractivity contribution in [2.45, 2.75) is 24.7 Å². The molecule has 0 aliphatic carbocycles. The lowest BCUT2D eigenvalue weighted by atomic mass is 10.1. The normalized spacial score (nSPS) is 15.0. The molecule has 1 aromatic carbocycles. The Morgan fingerprint density at radius 1 is 1.29 bits per heavy atom. The van der Waals surface area contributed by atoms with E-state index in [1.54, 1.807) is 19.1 Å². The van der Waals surface area contributed by atoms with Gasteiger partial charge in [0.15, 0.2) is 15.6 Å². The lowest BCUT2D eigenvalue weighted by Crippen LogP contribution is -2.11. The SMILES string of the molecule is CCc1oc(C(=O)Nc2ccc3c(c2)S(=O)(=O)CC3)cc1C(=O)O. The molecule has 126 valence electrons. The van der Waals surface area contributed by atoms with Crippen molar-refractivity contribution in [2.24, 2.45) is 0 Å². The number of amides is 1. The van der Waals surface area contributed by atoms with Crippen molar-refractivity contribution in [3.8, 4) is 0 Å². The van der Waals surface area contributed by atoms with Gasteiger partial charge in [0.25, 0.3) is 5.91 Å².